The van der Waals surface area contributed by atoms with Crippen LogP contribution in [-0.2, 0) is 172 Å². The molecule has 1 rings (SSSR count). The van der Waals surface area contributed by atoms with Crippen LogP contribution in [0.15, 0.2) is 148 Å². The number of esters is 20. The minimum Gasteiger partial charge on any atom is -0.508 e. The first-order chi connectivity index (χ1) is 56.4. The molecule has 0 aliphatic carbocycles. The third kappa shape index (κ3) is 98.5. The molecule has 1 aromatic rings. The van der Waals surface area contributed by atoms with Gasteiger partial charge in [-0.1, -0.05) is 192 Å². The van der Waals surface area contributed by atoms with Gasteiger partial charge in [0, 0.05) is 70.9 Å². The Morgan fingerprint density at radius 1 is 0.274 bits per heavy atom. The Hall–Kier alpha value is -10.6. The van der Waals surface area contributed by atoms with E-state index in [0.29, 0.717) is 50.7 Å². The fraction of sp³-hybridized carbons (Fsp3) is 0.324. The van der Waals surface area contributed by atoms with Crippen molar-refractivity contribution in [2.24, 2.45) is 0 Å². The maximum atomic E-state index is 11.0. The number of carbonyl (C=O) groups excluding carboxylic acids is 24. The molecule has 0 aliphatic heterocycles. The van der Waals surface area contributed by atoms with Crippen LogP contribution in [0.25, 0.3) is 0 Å². The lowest BCUT2D eigenvalue weighted by molar-refractivity contribution is -0.157. The lowest BCUT2D eigenvalue weighted by atomic mass is 10.3. The molecule has 0 atom stereocenters. The van der Waals surface area contributed by atoms with Crippen molar-refractivity contribution in [1.29, 1.82) is 0 Å². The average Bonchev–Trinajstić information content (AvgIpc) is 0.915. The third-order valence-corrected chi connectivity index (χ3v) is 10.7. The zero-order valence-corrected chi connectivity index (χ0v) is 76.4. The number of aromatic hydroxyl groups is 2. The Balaban J connectivity index is -0.000000146. The van der Waals surface area contributed by atoms with Crippen LogP contribution in [0, 0.1) is 0 Å². The molecule has 690 valence electrons. The Kier molecular flexibility index (Phi) is 82.2. The maximum absolute atomic E-state index is 11.0. The summed E-state index contributed by atoms with van der Waals surface area (Å²) in [4.78, 5) is 254. The molecule has 0 heterocycles. The molecule has 2 N–H and O–H groups in total. The molecule has 0 aromatic heterocycles. The summed E-state index contributed by atoms with van der Waals surface area (Å²) in [6, 6.07) is 5.70. The largest absolute Gasteiger partial charge is 0.508 e. The van der Waals surface area contributed by atoms with Crippen molar-refractivity contribution in [1.82, 2.24) is 0 Å². The van der Waals surface area contributed by atoms with Gasteiger partial charge in [-0.2, -0.15) is 0 Å². The van der Waals surface area contributed by atoms with E-state index in [0.717, 1.165) is 24.3 Å². The van der Waals surface area contributed by atoms with E-state index >= 15 is 0 Å². The number of rotatable bonds is 24. The van der Waals surface area contributed by atoms with Gasteiger partial charge in [0.1, 0.15) is 60.3 Å². The lowest BCUT2D eigenvalue weighted by Crippen LogP contribution is -2.24. The van der Waals surface area contributed by atoms with E-state index in [2.05, 4.69) is 109 Å². The summed E-state index contributed by atoms with van der Waals surface area (Å²) in [7, 11) is 0. The number of phenols is 2. The number of hydrogen-bond acceptors (Lipinski definition) is 38. The van der Waals surface area contributed by atoms with Crippen molar-refractivity contribution in [3.63, 3.8) is 0 Å². The standard InChI is InChI=1S/2C12H12O6.4C6H10O3.C6H6O2.4C5H3Cl3O3/c2*1-7(2)11(15)17-9(13)5-6-10(14)18-12(16)8(3)4;4*1-3-9-6(8)4-5(2)7;7-5-1-2-6(8)4-3-5;4*1-2-3(9)11-4(10)5(6,7)8/h2*5-6H,1,3H2,2,4H3;4*3-4H2,1-2H3;1-4,7-8H;4*2H,1H2/b2*6-5-;;;;;;;;;. The Morgan fingerprint density at radius 2 is 0.411 bits per heavy atom. The molecule has 0 spiro atoms. The van der Waals surface area contributed by atoms with Gasteiger partial charge >= 0.3 is 119 Å². The summed E-state index contributed by atoms with van der Waals surface area (Å²) in [5, 5.41) is 17.3. The van der Waals surface area contributed by atoms with E-state index in [1.165, 1.54) is 79.7 Å². The number of hydrogen-bond donors (Lipinski definition) is 2. The predicted octanol–water partition coefficient (Wildman–Crippen LogP) is 11.3. The number of halogens is 12. The molecule has 0 amide bonds. The minimum absolute atomic E-state index is 0.0387. The van der Waals surface area contributed by atoms with E-state index in [4.69, 9.17) is 149 Å². The molecule has 0 unspecified atom stereocenters. The second kappa shape index (κ2) is 76.1. The van der Waals surface area contributed by atoms with Crippen molar-refractivity contribution in [2.45, 2.75) is 124 Å². The van der Waals surface area contributed by atoms with Crippen LogP contribution in [-0.4, -0.2) is 194 Å². The number of benzene rings is 1. The highest BCUT2D eigenvalue weighted by atomic mass is 35.6. The first kappa shape index (κ1) is 134. The van der Waals surface area contributed by atoms with Crippen LogP contribution in [0.1, 0.15) is 109 Å². The topological polar surface area (TPSA) is 561 Å². The SMILES string of the molecule is C=C(C)C(=O)OC(=O)/C=C\C(=O)OC(=O)C(=C)C.C=C(C)C(=O)OC(=O)/C=C\C(=O)OC(=O)C(=C)C.C=CC(=O)OC(=O)C(Cl)(Cl)Cl.C=CC(=O)OC(=O)C(Cl)(Cl)Cl.C=CC(=O)OC(=O)C(Cl)(Cl)Cl.C=CC(=O)OC(=O)C(Cl)(Cl)Cl.CCOC(=O)CC(C)=O.CCOC(=O)CC(C)=O.CCOC(=O)CC(C)=O.CCOC(=O)CC(C)=O.Oc1ccc(O)cc1. The van der Waals surface area contributed by atoms with Gasteiger partial charge in [0.25, 0.3) is 15.2 Å². The van der Waals surface area contributed by atoms with E-state index < -0.39 is 135 Å². The fourth-order valence-electron chi connectivity index (χ4n) is 4.00. The Bertz CT molecular complexity index is 3570. The van der Waals surface area contributed by atoms with Crippen molar-refractivity contribution in [2.75, 3.05) is 26.4 Å². The zero-order chi connectivity index (χ0) is 99.9. The Morgan fingerprint density at radius 3 is 0.508 bits per heavy atom. The molecule has 0 saturated carbocycles. The summed E-state index contributed by atoms with van der Waals surface area (Å²) in [5.41, 5.74) is 0.155. The summed E-state index contributed by atoms with van der Waals surface area (Å²) < 4.78 is 41.9. The molecular weight excluding hydrogens is 1920 g/mol. The van der Waals surface area contributed by atoms with Crippen molar-refractivity contribution >= 4 is 282 Å². The van der Waals surface area contributed by atoms with Gasteiger partial charge in [-0.15, -0.1) is 0 Å². The number of Topliss-reactive ketones (excluding diaryl/α,β-unsaturated/α-hetero) is 4. The van der Waals surface area contributed by atoms with Gasteiger partial charge in [-0.25, -0.2) is 76.7 Å². The highest BCUT2D eigenvalue weighted by Crippen LogP contribution is 2.30. The van der Waals surface area contributed by atoms with E-state index in [-0.39, 0.29) is 82.6 Å². The number of ether oxygens (including phenoxy) is 12. The van der Waals surface area contributed by atoms with E-state index in [9.17, 15) is 115 Å². The summed E-state index contributed by atoms with van der Waals surface area (Å²) in [6.07, 6.45) is 5.38. The molecule has 0 saturated heterocycles. The molecule has 0 fully saturated rings. The van der Waals surface area contributed by atoms with Crippen molar-refractivity contribution in [3.8, 4) is 11.5 Å². The molecular formula is C74H82Cl12O38. The van der Waals surface area contributed by atoms with Crippen LogP contribution in [0.4, 0.5) is 0 Å². The Labute approximate surface area is 768 Å². The molecule has 50 heteroatoms. The maximum Gasteiger partial charge on any atom is 0.366 e. The summed E-state index contributed by atoms with van der Waals surface area (Å²) >= 11 is 60.7. The van der Waals surface area contributed by atoms with Crippen LogP contribution in [0.2, 0.25) is 0 Å². The summed E-state index contributed by atoms with van der Waals surface area (Å²) in [6.45, 7) is 44.3. The number of ketones is 4. The van der Waals surface area contributed by atoms with Crippen molar-refractivity contribution < 1.29 is 182 Å². The minimum atomic E-state index is -2.22. The second-order valence-corrected chi connectivity index (χ2v) is 29.6. The smallest absolute Gasteiger partial charge is 0.366 e. The molecule has 0 bridgehead atoms. The van der Waals surface area contributed by atoms with Gasteiger partial charge < -0.3 is 67.1 Å². The van der Waals surface area contributed by atoms with Crippen LogP contribution in [0.3, 0.4) is 0 Å². The number of carbonyl (C=O) groups is 24. The first-order valence-electron chi connectivity index (χ1n) is 32.4. The van der Waals surface area contributed by atoms with Gasteiger partial charge in [-0.05, 0) is 107 Å². The zero-order valence-electron chi connectivity index (χ0n) is 67.4. The third-order valence-electron chi connectivity index (χ3n) is 8.89. The molecule has 1 aromatic carbocycles. The van der Waals surface area contributed by atoms with Crippen LogP contribution < -0.4 is 0 Å². The highest BCUT2D eigenvalue weighted by Gasteiger charge is 2.36. The lowest BCUT2D eigenvalue weighted by Gasteiger charge is -2.06. The fourth-order valence-corrected chi connectivity index (χ4v) is 4.46. The molecule has 0 aliphatic rings. The molecule has 38 nitrogen and oxygen atoms in total. The second-order valence-electron chi connectivity index (χ2n) is 20.5. The summed E-state index contributed by atoms with van der Waals surface area (Å²) in [5.74, 6) is -18.8. The van der Waals surface area contributed by atoms with Gasteiger partial charge in [-0.3, -0.25) is 38.4 Å². The van der Waals surface area contributed by atoms with Gasteiger partial charge in [0.15, 0.2) is 0 Å². The van der Waals surface area contributed by atoms with Gasteiger partial charge in [0.05, 0.1) is 26.4 Å². The quantitative estimate of drug-likeness (QED) is 0.0242. The van der Waals surface area contributed by atoms with Crippen LogP contribution in [0.5, 0.6) is 11.5 Å². The average molecular weight is 2000 g/mol. The normalized spacial score (nSPS) is 9.61. The van der Waals surface area contributed by atoms with E-state index in [1.807, 2.05) is 0 Å². The van der Waals surface area contributed by atoms with Crippen LogP contribution >= 0.6 is 139 Å². The monoisotopic (exact) mass is 2000 g/mol. The predicted molar refractivity (Wildman–Crippen MR) is 446 cm³/mol. The highest BCUT2D eigenvalue weighted by molar-refractivity contribution is 6.77. The molecule has 0 radical (unpaired) electrons. The number of alkyl halides is 12. The molecule has 124 heavy (non-hydrogen) atoms. The first-order valence-corrected chi connectivity index (χ1v) is 36.9. The van der Waals surface area contributed by atoms with Crippen molar-refractivity contribution in [3.05, 3.63) is 148 Å². The van der Waals surface area contributed by atoms with Gasteiger partial charge in [0.2, 0.25) is 0 Å². The number of phenolic OH excluding ortho intramolecular Hbond substituents is 2. The van der Waals surface area contributed by atoms with E-state index in [1.54, 1.807) is 27.7 Å².